The van der Waals surface area contributed by atoms with Gasteiger partial charge >= 0.3 is 0 Å². The fourth-order valence-electron chi connectivity index (χ4n) is 8.91. The van der Waals surface area contributed by atoms with E-state index < -0.39 is 46.8 Å². The number of amides is 4. The average molecular weight is 723 g/mol. The molecule has 4 aliphatic rings. The summed E-state index contributed by atoms with van der Waals surface area (Å²) < 4.78 is 5.45. The van der Waals surface area contributed by atoms with Gasteiger partial charge in [-0.3, -0.25) is 29.5 Å². The van der Waals surface area contributed by atoms with Gasteiger partial charge in [-0.05, 0) is 66.3 Å². The standard InChI is InChI=1S/C40H33Cl2N3O6/c1-51-25-14-11-23(12-15-25)40-30(37(48)45(39(40)50)43-32-18-13-24(41)19-31(32)42)20-29-26(35(40)27-9-5-6-10-33(27)46)16-17-28-34(29)38(49)44(36(28)47)21-22-7-3-2-4-8-22/h2-16,18-19,28-30,34-35,43,46H,17,20-21H2,1H3/t28-,29+,30-,34-,35+,40+/m0/s1. The van der Waals surface area contributed by atoms with Gasteiger partial charge in [0.1, 0.15) is 11.5 Å². The highest BCUT2D eigenvalue weighted by molar-refractivity contribution is 6.36. The molecule has 0 spiro atoms. The molecule has 0 radical (unpaired) electrons. The van der Waals surface area contributed by atoms with Gasteiger partial charge in [0.2, 0.25) is 11.8 Å². The molecule has 9 nitrogen and oxygen atoms in total. The summed E-state index contributed by atoms with van der Waals surface area (Å²) in [6.07, 6.45) is 2.37. The average Bonchev–Trinajstić information content (AvgIpc) is 3.50. The Hall–Kier alpha value is -5.12. The molecule has 11 heteroatoms. The first-order chi connectivity index (χ1) is 24.6. The fraction of sp³-hybridized carbons (Fsp3) is 0.250. The molecule has 3 fully saturated rings. The summed E-state index contributed by atoms with van der Waals surface area (Å²) in [5.74, 6) is -4.84. The number of hydrogen-bond donors (Lipinski definition) is 2. The van der Waals surface area contributed by atoms with E-state index in [4.69, 9.17) is 27.9 Å². The predicted octanol–water partition coefficient (Wildman–Crippen LogP) is 6.89. The summed E-state index contributed by atoms with van der Waals surface area (Å²) in [5.41, 5.74) is 4.30. The number of halogens is 2. The van der Waals surface area contributed by atoms with Crippen LogP contribution in [0.25, 0.3) is 0 Å². The maximum atomic E-state index is 15.3. The second kappa shape index (κ2) is 12.6. The van der Waals surface area contributed by atoms with Crippen molar-refractivity contribution in [3.05, 3.63) is 135 Å². The number of nitrogens with one attached hydrogen (secondary N) is 1. The number of carbonyl (C=O) groups excluding carboxylic acids is 4. The zero-order valence-electron chi connectivity index (χ0n) is 27.5. The van der Waals surface area contributed by atoms with Gasteiger partial charge in [-0.2, -0.15) is 5.01 Å². The Kier molecular flexibility index (Phi) is 8.15. The Balaban J connectivity index is 1.30. The number of allylic oxidation sites excluding steroid dienone is 2. The maximum Gasteiger partial charge on any atom is 0.260 e. The van der Waals surface area contributed by atoms with Crippen LogP contribution in [0.15, 0.2) is 109 Å². The molecule has 2 aliphatic heterocycles. The highest BCUT2D eigenvalue weighted by Crippen LogP contribution is 2.65. The van der Waals surface area contributed by atoms with E-state index in [0.717, 1.165) is 16.1 Å². The van der Waals surface area contributed by atoms with E-state index in [0.29, 0.717) is 27.6 Å². The summed E-state index contributed by atoms with van der Waals surface area (Å²) >= 11 is 12.7. The number of rotatable bonds is 7. The number of nitrogens with zero attached hydrogens (tertiary/aromatic N) is 2. The number of anilines is 1. The van der Waals surface area contributed by atoms with Crippen molar-refractivity contribution < 1.29 is 29.0 Å². The molecule has 2 saturated heterocycles. The van der Waals surface area contributed by atoms with E-state index >= 15 is 4.79 Å². The van der Waals surface area contributed by atoms with Gasteiger partial charge < -0.3 is 9.84 Å². The van der Waals surface area contributed by atoms with Crippen LogP contribution in [0.1, 0.15) is 35.4 Å². The van der Waals surface area contributed by atoms with Crippen LogP contribution in [0.2, 0.25) is 10.0 Å². The van der Waals surface area contributed by atoms with Crippen molar-refractivity contribution in [3.63, 3.8) is 0 Å². The first-order valence-corrected chi connectivity index (χ1v) is 17.5. The first-order valence-electron chi connectivity index (χ1n) is 16.8. The number of fused-ring (bicyclic) bond motifs is 4. The summed E-state index contributed by atoms with van der Waals surface area (Å²) in [5, 5.41) is 13.1. The number of benzene rings is 4. The van der Waals surface area contributed by atoms with Crippen LogP contribution in [0.5, 0.6) is 11.5 Å². The quantitative estimate of drug-likeness (QED) is 0.158. The lowest BCUT2D eigenvalue weighted by atomic mass is 9.49. The molecule has 2 heterocycles. The zero-order chi connectivity index (χ0) is 35.6. The lowest BCUT2D eigenvalue weighted by molar-refractivity contribution is -0.142. The zero-order valence-corrected chi connectivity index (χ0v) is 29.0. The normalized spacial score (nSPS) is 26.8. The van der Waals surface area contributed by atoms with Crippen molar-refractivity contribution in [2.24, 2.45) is 23.7 Å². The molecular formula is C40H33Cl2N3O6. The number of phenols is 1. The molecule has 51 heavy (non-hydrogen) atoms. The van der Waals surface area contributed by atoms with E-state index in [1.54, 1.807) is 67.8 Å². The molecule has 4 aromatic carbocycles. The number of imide groups is 2. The SMILES string of the molecule is COc1ccc([C@@]23C(=O)N(Nc4ccc(Cl)cc4Cl)C(=O)[C@@H]2C[C@@H]2C(=CC[C@@H]4C(=O)N(Cc5ccccc5)C(=O)[C@@H]42)[C@@H]3c2ccccc2O)cc1. The topological polar surface area (TPSA) is 116 Å². The van der Waals surface area contributed by atoms with Crippen LogP contribution in [0.4, 0.5) is 5.69 Å². The van der Waals surface area contributed by atoms with E-state index in [9.17, 15) is 19.5 Å². The number of likely N-dealkylation sites (tertiary alicyclic amines) is 1. The van der Waals surface area contributed by atoms with Gasteiger partial charge in [-0.25, -0.2) is 0 Å². The molecule has 6 atom stereocenters. The lowest BCUT2D eigenvalue weighted by Crippen LogP contribution is -2.53. The van der Waals surface area contributed by atoms with Gasteiger partial charge in [-0.1, -0.05) is 95.5 Å². The summed E-state index contributed by atoms with van der Waals surface area (Å²) in [6, 6.07) is 27.9. The Bertz CT molecular complexity index is 2120. The molecule has 8 rings (SSSR count). The van der Waals surface area contributed by atoms with Gasteiger partial charge in [0, 0.05) is 16.5 Å². The number of hydrazine groups is 1. The van der Waals surface area contributed by atoms with Crippen molar-refractivity contribution in [1.29, 1.82) is 0 Å². The summed E-state index contributed by atoms with van der Waals surface area (Å²) in [4.78, 5) is 59.7. The van der Waals surface area contributed by atoms with Crippen LogP contribution in [-0.2, 0) is 31.1 Å². The lowest BCUT2D eigenvalue weighted by Gasteiger charge is -2.50. The summed E-state index contributed by atoms with van der Waals surface area (Å²) in [6.45, 7) is 0.145. The molecule has 4 aromatic rings. The molecule has 0 aromatic heterocycles. The number of methoxy groups -OCH3 is 1. The Labute approximate surface area is 304 Å². The third-order valence-electron chi connectivity index (χ3n) is 11.1. The van der Waals surface area contributed by atoms with Crippen molar-refractivity contribution in [2.45, 2.75) is 30.7 Å². The smallest absolute Gasteiger partial charge is 0.260 e. The minimum Gasteiger partial charge on any atom is -0.508 e. The highest BCUT2D eigenvalue weighted by atomic mass is 35.5. The van der Waals surface area contributed by atoms with E-state index in [-0.39, 0.29) is 42.0 Å². The van der Waals surface area contributed by atoms with Gasteiger partial charge in [0.05, 0.1) is 47.5 Å². The van der Waals surface area contributed by atoms with Crippen LogP contribution < -0.4 is 10.2 Å². The van der Waals surface area contributed by atoms with Crippen molar-refractivity contribution in [3.8, 4) is 11.5 Å². The van der Waals surface area contributed by atoms with E-state index in [2.05, 4.69) is 5.43 Å². The molecule has 1 saturated carbocycles. The van der Waals surface area contributed by atoms with Crippen LogP contribution in [0, 0.1) is 23.7 Å². The van der Waals surface area contributed by atoms with Gasteiger partial charge in [0.25, 0.3) is 11.8 Å². The number of phenolic OH excluding ortho intramolecular Hbond substituents is 1. The largest absolute Gasteiger partial charge is 0.508 e. The number of para-hydroxylation sites is 1. The molecule has 4 amide bonds. The monoisotopic (exact) mass is 721 g/mol. The number of hydrogen-bond acceptors (Lipinski definition) is 7. The van der Waals surface area contributed by atoms with Crippen LogP contribution in [0.3, 0.4) is 0 Å². The van der Waals surface area contributed by atoms with Crippen molar-refractivity contribution >= 4 is 52.5 Å². The summed E-state index contributed by atoms with van der Waals surface area (Å²) in [7, 11) is 1.54. The van der Waals surface area contributed by atoms with Crippen molar-refractivity contribution in [1.82, 2.24) is 9.91 Å². The van der Waals surface area contributed by atoms with Gasteiger partial charge in [0.15, 0.2) is 0 Å². The Morgan fingerprint density at radius 1 is 0.863 bits per heavy atom. The molecule has 0 bridgehead atoms. The number of carbonyl (C=O) groups is 4. The highest BCUT2D eigenvalue weighted by Gasteiger charge is 2.70. The van der Waals surface area contributed by atoms with E-state index in [1.165, 1.54) is 11.0 Å². The second-order valence-corrected chi connectivity index (χ2v) is 14.4. The first kappa shape index (κ1) is 33.0. The number of ether oxygens (including phenoxy) is 1. The van der Waals surface area contributed by atoms with Crippen molar-refractivity contribution in [2.75, 3.05) is 12.5 Å². The predicted molar refractivity (Wildman–Crippen MR) is 191 cm³/mol. The minimum atomic E-state index is -1.56. The third kappa shape index (κ3) is 5.05. The maximum absolute atomic E-state index is 15.3. The molecule has 0 unspecified atom stereocenters. The van der Waals surface area contributed by atoms with E-state index in [1.807, 2.05) is 36.4 Å². The minimum absolute atomic E-state index is 0.0512. The molecule has 258 valence electrons. The second-order valence-electron chi connectivity index (χ2n) is 13.5. The van der Waals surface area contributed by atoms with Gasteiger partial charge in [-0.15, -0.1) is 0 Å². The Morgan fingerprint density at radius 2 is 1.59 bits per heavy atom. The third-order valence-corrected chi connectivity index (χ3v) is 11.7. The van der Waals surface area contributed by atoms with Crippen LogP contribution >= 0.6 is 23.2 Å². The number of aromatic hydroxyl groups is 1. The molecule has 2 N–H and O–H groups in total. The van der Waals surface area contributed by atoms with Crippen LogP contribution in [-0.4, -0.2) is 45.8 Å². The molecule has 2 aliphatic carbocycles. The molecular weight excluding hydrogens is 689 g/mol. The fourth-order valence-corrected chi connectivity index (χ4v) is 9.36. The Morgan fingerprint density at radius 3 is 2.29 bits per heavy atom.